The Morgan fingerprint density at radius 3 is 2.14 bits per heavy atom. The number of hydrogen-bond acceptors (Lipinski definition) is 3. The lowest BCUT2D eigenvalue weighted by molar-refractivity contribution is 0.0692. The van der Waals surface area contributed by atoms with Crippen molar-refractivity contribution in [1.29, 1.82) is 0 Å². The van der Waals surface area contributed by atoms with Crippen LogP contribution >= 0.6 is 0 Å². The van der Waals surface area contributed by atoms with Crippen LogP contribution in [0.25, 0.3) is 0 Å². The van der Waals surface area contributed by atoms with Gasteiger partial charge in [-0.2, -0.15) is 0 Å². The van der Waals surface area contributed by atoms with E-state index < -0.39 is 11.9 Å². The molecule has 0 fully saturated rings. The summed E-state index contributed by atoms with van der Waals surface area (Å²) in [4.78, 5) is 23.6. The van der Waals surface area contributed by atoms with E-state index in [-0.39, 0.29) is 11.1 Å². The minimum Gasteiger partial charge on any atom is -0.494 e. The largest absolute Gasteiger partial charge is 0.494 e. The number of anilines is 1. The van der Waals surface area contributed by atoms with E-state index in [9.17, 15) is 14.7 Å². The molecule has 0 aromatic heterocycles. The van der Waals surface area contributed by atoms with Crippen LogP contribution in [-0.2, 0) is 6.42 Å². The van der Waals surface area contributed by atoms with Crippen LogP contribution < -0.4 is 10.1 Å². The van der Waals surface area contributed by atoms with Crippen LogP contribution in [-0.4, -0.2) is 23.6 Å². The molecule has 3 aromatic carbocycles. The highest BCUT2D eigenvalue weighted by Crippen LogP contribution is 2.18. The second-order valence-electron chi connectivity index (χ2n) is 6.27. The van der Waals surface area contributed by atoms with Gasteiger partial charge in [0.25, 0.3) is 5.91 Å². The fourth-order valence-corrected chi connectivity index (χ4v) is 2.81. The van der Waals surface area contributed by atoms with Gasteiger partial charge in [0, 0.05) is 5.69 Å². The molecule has 28 heavy (non-hydrogen) atoms. The summed E-state index contributed by atoms with van der Waals surface area (Å²) in [5.41, 5.74) is 1.95. The first-order chi connectivity index (χ1) is 13.6. The fourth-order valence-electron chi connectivity index (χ4n) is 2.81. The Bertz CT molecular complexity index is 936. The molecule has 0 atom stereocenters. The molecule has 0 saturated heterocycles. The Balaban J connectivity index is 1.52. The maximum Gasteiger partial charge on any atom is 0.336 e. The molecule has 142 valence electrons. The standard InChI is InChI=1S/C23H21NO4/c25-22(20-10-4-5-11-21(20)23(26)27)24-18-12-14-19(15-13-18)28-16-6-9-17-7-2-1-3-8-17/h1-5,7-8,10-15H,6,9,16H2,(H,24,25)(H,26,27). The van der Waals surface area contributed by atoms with E-state index in [1.165, 1.54) is 17.7 Å². The van der Waals surface area contributed by atoms with Crippen molar-refractivity contribution in [2.24, 2.45) is 0 Å². The molecule has 0 aliphatic heterocycles. The highest BCUT2D eigenvalue weighted by Gasteiger charge is 2.15. The van der Waals surface area contributed by atoms with Gasteiger partial charge in [-0.1, -0.05) is 42.5 Å². The summed E-state index contributed by atoms with van der Waals surface area (Å²) in [6, 6.07) is 23.4. The highest BCUT2D eigenvalue weighted by atomic mass is 16.5. The number of aryl methyl sites for hydroxylation is 1. The van der Waals surface area contributed by atoms with Gasteiger partial charge in [-0.3, -0.25) is 4.79 Å². The fraction of sp³-hybridized carbons (Fsp3) is 0.130. The normalized spacial score (nSPS) is 10.3. The third-order valence-corrected chi connectivity index (χ3v) is 4.24. The second kappa shape index (κ2) is 9.37. The predicted octanol–water partition coefficient (Wildman–Crippen LogP) is 4.65. The van der Waals surface area contributed by atoms with Gasteiger partial charge in [-0.15, -0.1) is 0 Å². The molecule has 0 aliphatic carbocycles. The Morgan fingerprint density at radius 2 is 1.46 bits per heavy atom. The molecule has 3 aromatic rings. The lowest BCUT2D eigenvalue weighted by Gasteiger charge is -2.10. The summed E-state index contributed by atoms with van der Waals surface area (Å²) in [6.45, 7) is 0.604. The quantitative estimate of drug-likeness (QED) is 0.562. The third-order valence-electron chi connectivity index (χ3n) is 4.24. The minimum absolute atomic E-state index is 0.0293. The monoisotopic (exact) mass is 375 g/mol. The third kappa shape index (κ3) is 5.20. The van der Waals surface area contributed by atoms with Crippen molar-refractivity contribution in [1.82, 2.24) is 0 Å². The van der Waals surface area contributed by atoms with Gasteiger partial charge < -0.3 is 15.2 Å². The topological polar surface area (TPSA) is 75.6 Å². The van der Waals surface area contributed by atoms with Crippen molar-refractivity contribution in [2.75, 3.05) is 11.9 Å². The van der Waals surface area contributed by atoms with Crippen molar-refractivity contribution >= 4 is 17.6 Å². The van der Waals surface area contributed by atoms with Crippen LogP contribution in [0.15, 0.2) is 78.9 Å². The zero-order valence-electron chi connectivity index (χ0n) is 15.3. The van der Waals surface area contributed by atoms with E-state index in [4.69, 9.17) is 4.74 Å². The van der Waals surface area contributed by atoms with E-state index in [0.29, 0.717) is 12.3 Å². The number of carbonyl (C=O) groups excluding carboxylic acids is 1. The zero-order chi connectivity index (χ0) is 19.8. The van der Waals surface area contributed by atoms with Gasteiger partial charge in [0.2, 0.25) is 0 Å². The Kier molecular flexibility index (Phi) is 6.41. The molecule has 0 bridgehead atoms. The van der Waals surface area contributed by atoms with Crippen LogP contribution in [0.3, 0.4) is 0 Å². The average molecular weight is 375 g/mol. The molecule has 1 amide bonds. The van der Waals surface area contributed by atoms with Crippen molar-refractivity contribution in [2.45, 2.75) is 12.8 Å². The van der Waals surface area contributed by atoms with Crippen LogP contribution in [0, 0.1) is 0 Å². The second-order valence-corrected chi connectivity index (χ2v) is 6.27. The van der Waals surface area contributed by atoms with Gasteiger partial charge in [0.1, 0.15) is 5.75 Å². The molecule has 5 nitrogen and oxygen atoms in total. The maximum absolute atomic E-state index is 12.4. The van der Waals surface area contributed by atoms with E-state index in [1.807, 2.05) is 18.2 Å². The van der Waals surface area contributed by atoms with Crippen LogP contribution in [0.5, 0.6) is 5.75 Å². The summed E-state index contributed by atoms with van der Waals surface area (Å²) in [5.74, 6) is -0.878. The number of carboxylic acid groups (broad SMARTS) is 1. The maximum atomic E-state index is 12.4. The Labute approximate surface area is 163 Å². The van der Waals surface area contributed by atoms with Gasteiger partial charge >= 0.3 is 5.97 Å². The Morgan fingerprint density at radius 1 is 0.821 bits per heavy atom. The first kappa shape index (κ1) is 19.2. The molecule has 0 saturated carbocycles. The van der Waals surface area contributed by atoms with Crippen molar-refractivity contribution in [3.63, 3.8) is 0 Å². The van der Waals surface area contributed by atoms with E-state index >= 15 is 0 Å². The number of hydrogen-bond donors (Lipinski definition) is 2. The van der Waals surface area contributed by atoms with Crippen molar-refractivity contribution in [3.8, 4) is 5.75 Å². The summed E-state index contributed by atoms with van der Waals surface area (Å²) in [5, 5.41) is 11.9. The molecule has 0 radical (unpaired) electrons. The minimum atomic E-state index is -1.13. The van der Waals surface area contributed by atoms with Crippen LogP contribution in [0.2, 0.25) is 0 Å². The number of rotatable bonds is 8. The smallest absolute Gasteiger partial charge is 0.336 e. The predicted molar refractivity (Wildman–Crippen MR) is 108 cm³/mol. The molecular weight excluding hydrogens is 354 g/mol. The molecule has 3 rings (SSSR count). The van der Waals surface area contributed by atoms with Gasteiger partial charge in [-0.05, 0) is 54.8 Å². The number of carboxylic acids is 1. The molecule has 2 N–H and O–H groups in total. The SMILES string of the molecule is O=C(O)c1ccccc1C(=O)Nc1ccc(OCCCc2ccccc2)cc1. The summed E-state index contributed by atoms with van der Waals surface area (Å²) in [7, 11) is 0. The number of benzene rings is 3. The molecule has 5 heteroatoms. The summed E-state index contributed by atoms with van der Waals surface area (Å²) in [6.07, 6.45) is 1.87. The number of aromatic carboxylic acids is 1. The molecule has 0 unspecified atom stereocenters. The van der Waals surface area contributed by atoms with Gasteiger partial charge in [0.15, 0.2) is 0 Å². The van der Waals surface area contributed by atoms with Crippen molar-refractivity contribution < 1.29 is 19.4 Å². The van der Waals surface area contributed by atoms with Crippen LogP contribution in [0.4, 0.5) is 5.69 Å². The molecule has 0 spiro atoms. The molecule has 0 heterocycles. The Hall–Kier alpha value is -3.60. The lowest BCUT2D eigenvalue weighted by atomic mass is 10.1. The molecular formula is C23H21NO4. The number of nitrogens with one attached hydrogen (secondary N) is 1. The zero-order valence-corrected chi connectivity index (χ0v) is 15.3. The first-order valence-corrected chi connectivity index (χ1v) is 9.04. The van der Waals surface area contributed by atoms with Gasteiger partial charge in [0.05, 0.1) is 17.7 Å². The number of amides is 1. The summed E-state index contributed by atoms with van der Waals surface area (Å²) >= 11 is 0. The highest BCUT2D eigenvalue weighted by molar-refractivity contribution is 6.10. The lowest BCUT2D eigenvalue weighted by Crippen LogP contribution is -2.16. The molecule has 0 aliphatic rings. The van der Waals surface area contributed by atoms with Crippen molar-refractivity contribution in [3.05, 3.63) is 95.6 Å². The van der Waals surface area contributed by atoms with Gasteiger partial charge in [-0.25, -0.2) is 4.79 Å². The number of carbonyl (C=O) groups is 2. The van der Waals surface area contributed by atoms with E-state index in [1.54, 1.807) is 36.4 Å². The number of ether oxygens (including phenoxy) is 1. The first-order valence-electron chi connectivity index (χ1n) is 9.04. The van der Waals surface area contributed by atoms with E-state index in [2.05, 4.69) is 17.4 Å². The van der Waals surface area contributed by atoms with E-state index in [0.717, 1.165) is 18.6 Å². The summed E-state index contributed by atoms with van der Waals surface area (Å²) < 4.78 is 5.73. The average Bonchev–Trinajstić information content (AvgIpc) is 2.73. The van der Waals surface area contributed by atoms with Crippen LogP contribution in [0.1, 0.15) is 32.7 Å².